The van der Waals surface area contributed by atoms with E-state index >= 15 is 0 Å². The van der Waals surface area contributed by atoms with E-state index in [1.165, 1.54) is 5.56 Å². The number of ether oxygens (including phenoxy) is 1. The van der Waals surface area contributed by atoms with E-state index in [-0.39, 0.29) is 29.8 Å². The summed E-state index contributed by atoms with van der Waals surface area (Å²) in [6.45, 7) is 5.51. The summed E-state index contributed by atoms with van der Waals surface area (Å²) in [4.78, 5) is 31.9. The van der Waals surface area contributed by atoms with Gasteiger partial charge in [0.1, 0.15) is 0 Å². The van der Waals surface area contributed by atoms with Crippen LogP contribution in [0.2, 0.25) is 0 Å². The van der Waals surface area contributed by atoms with Crippen molar-refractivity contribution >= 4 is 11.9 Å². The lowest BCUT2D eigenvalue weighted by Crippen LogP contribution is -2.58. The van der Waals surface area contributed by atoms with Crippen molar-refractivity contribution in [3.8, 4) is 0 Å². The summed E-state index contributed by atoms with van der Waals surface area (Å²) in [6, 6.07) is 10.4. The molecule has 3 aliphatic rings. The van der Waals surface area contributed by atoms with Crippen LogP contribution in [0, 0.1) is 5.92 Å². The number of carbonyl (C=O) groups excluding carboxylic acids is 2. The monoisotopic (exact) mass is 372 g/mol. The highest BCUT2D eigenvalue weighted by Crippen LogP contribution is 2.39. The normalized spacial score (nSPS) is 28.7. The maximum Gasteiger partial charge on any atom is 0.320 e. The first-order valence-corrected chi connectivity index (χ1v) is 9.81. The second-order valence-corrected chi connectivity index (χ2v) is 7.55. The molecule has 146 valence electrons. The number of amides is 3. The summed E-state index contributed by atoms with van der Waals surface area (Å²) in [5.41, 5.74) is 1.20. The molecule has 1 N–H and O–H groups in total. The Hall–Kier alpha value is -2.12. The Balaban J connectivity index is 1.53. The number of carbonyl (C=O) groups is 2. The number of morpholine rings is 1. The molecule has 7 nitrogen and oxygen atoms in total. The molecule has 3 amide bonds. The third kappa shape index (κ3) is 3.53. The first kappa shape index (κ1) is 18.3. The molecule has 7 heteroatoms. The maximum atomic E-state index is 12.9. The van der Waals surface area contributed by atoms with Gasteiger partial charge < -0.3 is 19.9 Å². The summed E-state index contributed by atoms with van der Waals surface area (Å²) in [6.07, 6.45) is 0. The highest BCUT2D eigenvalue weighted by atomic mass is 16.5. The van der Waals surface area contributed by atoms with E-state index in [9.17, 15) is 9.59 Å². The van der Waals surface area contributed by atoms with Gasteiger partial charge in [-0.15, -0.1) is 0 Å². The van der Waals surface area contributed by atoms with Crippen LogP contribution in [0.4, 0.5) is 4.79 Å². The summed E-state index contributed by atoms with van der Waals surface area (Å²) in [5.74, 6) is 0.0873. The fraction of sp³-hybridized carbons (Fsp3) is 0.600. The molecule has 27 heavy (non-hydrogen) atoms. The van der Waals surface area contributed by atoms with E-state index in [0.717, 1.165) is 13.1 Å². The number of hydrogen-bond donors (Lipinski definition) is 1. The van der Waals surface area contributed by atoms with Crippen LogP contribution in [0.15, 0.2) is 30.3 Å². The quantitative estimate of drug-likeness (QED) is 0.825. The van der Waals surface area contributed by atoms with Crippen LogP contribution in [0.3, 0.4) is 0 Å². The number of nitrogens with one attached hydrogen (secondary N) is 1. The molecule has 4 rings (SSSR count). The zero-order chi connectivity index (χ0) is 18.8. The van der Waals surface area contributed by atoms with Crippen molar-refractivity contribution in [1.29, 1.82) is 0 Å². The highest BCUT2D eigenvalue weighted by molar-refractivity contribution is 5.81. The molecule has 0 bridgehead atoms. The van der Waals surface area contributed by atoms with E-state index in [4.69, 9.17) is 4.74 Å². The minimum atomic E-state index is -0.141. The zero-order valence-electron chi connectivity index (χ0n) is 15.8. The van der Waals surface area contributed by atoms with Gasteiger partial charge in [-0.25, -0.2) is 4.79 Å². The van der Waals surface area contributed by atoms with Gasteiger partial charge in [0.15, 0.2) is 0 Å². The van der Waals surface area contributed by atoms with Gasteiger partial charge in [0.05, 0.1) is 19.1 Å². The Morgan fingerprint density at radius 3 is 2.44 bits per heavy atom. The van der Waals surface area contributed by atoms with E-state index < -0.39 is 0 Å². The van der Waals surface area contributed by atoms with Gasteiger partial charge in [-0.1, -0.05) is 30.3 Å². The summed E-state index contributed by atoms with van der Waals surface area (Å²) in [5, 5.41) is 2.85. The molecule has 1 aromatic rings. The van der Waals surface area contributed by atoms with E-state index in [1.807, 2.05) is 28.0 Å². The number of urea groups is 1. The molecule has 0 aliphatic carbocycles. The van der Waals surface area contributed by atoms with Crippen molar-refractivity contribution in [2.45, 2.75) is 12.0 Å². The predicted molar refractivity (Wildman–Crippen MR) is 101 cm³/mol. The highest BCUT2D eigenvalue weighted by Gasteiger charge is 2.48. The number of rotatable bonds is 2. The Kier molecular flexibility index (Phi) is 5.31. The van der Waals surface area contributed by atoms with E-state index in [1.54, 1.807) is 7.05 Å². The molecular formula is C20H28N4O3. The molecule has 3 saturated heterocycles. The fourth-order valence-corrected chi connectivity index (χ4v) is 4.71. The minimum Gasteiger partial charge on any atom is -0.378 e. The first-order valence-electron chi connectivity index (χ1n) is 9.81. The van der Waals surface area contributed by atoms with Crippen molar-refractivity contribution in [1.82, 2.24) is 20.0 Å². The van der Waals surface area contributed by atoms with Crippen LogP contribution < -0.4 is 5.32 Å². The van der Waals surface area contributed by atoms with Gasteiger partial charge in [-0.3, -0.25) is 9.69 Å². The second-order valence-electron chi connectivity index (χ2n) is 7.55. The molecule has 0 radical (unpaired) electrons. The number of nitrogens with zero attached hydrogens (tertiary/aromatic N) is 3. The largest absolute Gasteiger partial charge is 0.378 e. The smallest absolute Gasteiger partial charge is 0.320 e. The van der Waals surface area contributed by atoms with Gasteiger partial charge >= 0.3 is 6.03 Å². The molecule has 0 unspecified atom stereocenters. The second kappa shape index (κ2) is 7.86. The Labute approximate surface area is 160 Å². The zero-order valence-corrected chi connectivity index (χ0v) is 15.8. The molecule has 0 saturated carbocycles. The molecule has 3 fully saturated rings. The van der Waals surface area contributed by atoms with Crippen LogP contribution in [0.25, 0.3) is 0 Å². The molecule has 3 atom stereocenters. The van der Waals surface area contributed by atoms with Crippen LogP contribution in [-0.4, -0.2) is 92.2 Å². The Morgan fingerprint density at radius 2 is 1.74 bits per heavy atom. The minimum absolute atomic E-state index is 0.0638. The lowest BCUT2D eigenvalue weighted by atomic mass is 9.84. The van der Waals surface area contributed by atoms with E-state index in [2.05, 4.69) is 22.3 Å². The number of hydrogen-bond acceptors (Lipinski definition) is 4. The SMILES string of the molecule is CNC(=O)[C@@H]1[C@H]2CN(C(=O)N3CCOCC3)CCN2C[C@H]1c1ccccc1. The lowest BCUT2D eigenvalue weighted by Gasteiger charge is -2.41. The maximum absolute atomic E-state index is 12.9. The fourth-order valence-electron chi connectivity index (χ4n) is 4.71. The van der Waals surface area contributed by atoms with Gasteiger partial charge in [-0.05, 0) is 5.56 Å². The van der Waals surface area contributed by atoms with Crippen molar-refractivity contribution < 1.29 is 14.3 Å². The molecule has 0 spiro atoms. The average molecular weight is 372 g/mol. The molecular weight excluding hydrogens is 344 g/mol. The van der Waals surface area contributed by atoms with Crippen LogP contribution in [0.5, 0.6) is 0 Å². The topological polar surface area (TPSA) is 65.1 Å². The standard InChI is InChI=1S/C20H28N4O3/c1-21-19(25)18-16(15-5-3-2-4-6-15)13-23-7-8-24(14-17(18)23)20(26)22-9-11-27-12-10-22/h2-6,16-18H,7-14H2,1H3,(H,21,25)/t16-,17+,18-/m0/s1. The third-order valence-corrected chi connectivity index (χ3v) is 6.14. The Morgan fingerprint density at radius 1 is 1.00 bits per heavy atom. The van der Waals surface area contributed by atoms with Crippen molar-refractivity contribution in [3.63, 3.8) is 0 Å². The number of piperazine rings is 1. The molecule has 3 heterocycles. The van der Waals surface area contributed by atoms with Crippen LogP contribution in [-0.2, 0) is 9.53 Å². The Bertz CT molecular complexity index is 677. The van der Waals surface area contributed by atoms with Gasteiger partial charge in [0.2, 0.25) is 5.91 Å². The van der Waals surface area contributed by atoms with Gasteiger partial charge in [-0.2, -0.15) is 0 Å². The van der Waals surface area contributed by atoms with Crippen LogP contribution in [0.1, 0.15) is 11.5 Å². The average Bonchev–Trinajstić information content (AvgIpc) is 3.12. The lowest BCUT2D eigenvalue weighted by molar-refractivity contribution is -0.126. The van der Waals surface area contributed by atoms with Crippen molar-refractivity contribution in [2.75, 3.05) is 59.5 Å². The molecule has 0 aromatic heterocycles. The van der Waals surface area contributed by atoms with Crippen LogP contribution >= 0.6 is 0 Å². The van der Waals surface area contributed by atoms with Crippen molar-refractivity contribution in [2.24, 2.45) is 5.92 Å². The first-order chi connectivity index (χ1) is 13.2. The summed E-state index contributed by atoms with van der Waals surface area (Å²) in [7, 11) is 1.70. The van der Waals surface area contributed by atoms with Gasteiger partial charge in [0.25, 0.3) is 0 Å². The third-order valence-electron chi connectivity index (χ3n) is 6.14. The summed E-state index contributed by atoms with van der Waals surface area (Å²) < 4.78 is 5.36. The summed E-state index contributed by atoms with van der Waals surface area (Å²) >= 11 is 0. The molecule has 3 aliphatic heterocycles. The van der Waals surface area contributed by atoms with Gasteiger partial charge in [0, 0.05) is 58.3 Å². The predicted octanol–water partition coefficient (Wildman–Crippen LogP) is 0.584. The number of benzene rings is 1. The number of fused-ring (bicyclic) bond motifs is 1. The van der Waals surface area contributed by atoms with Crippen molar-refractivity contribution in [3.05, 3.63) is 35.9 Å². The van der Waals surface area contributed by atoms with E-state index in [0.29, 0.717) is 39.4 Å². The molecule has 1 aromatic carbocycles.